The maximum absolute atomic E-state index is 12.7. The van der Waals surface area contributed by atoms with Crippen LogP contribution in [0.2, 0.25) is 0 Å². The van der Waals surface area contributed by atoms with Crippen molar-refractivity contribution in [2.75, 3.05) is 18.4 Å². The fraction of sp³-hybridized carbons (Fsp3) is 0.474. The summed E-state index contributed by atoms with van der Waals surface area (Å²) in [6, 6.07) is 8.59. The quantitative estimate of drug-likeness (QED) is 0.921. The van der Waals surface area contributed by atoms with Gasteiger partial charge in [-0.1, -0.05) is 24.3 Å². The highest BCUT2D eigenvalue weighted by atomic mass is 16.2. The van der Waals surface area contributed by atoms with Gasteiger partial charge >= 0.3 is 6.03 Å². The molecule has 0 atom stereocenters. The summed E-state index contributed by atoms with van der Waals surface area (Å²) in [5.41, 5.74) is 4.73. The van der Waals surface area contributed by atoms with E-state index in [9.17, 15) is 4.79 Å². The van der Waals surface area contributed by atoms with Gasteiger partial charge in [0.05, 0.1) is 11.4 Å². The topological polar surface area (TPSA) is 50.2 Å². The molecule has 0 radical (unpaired) electrons. The normalized spacial score (nSPS) is 17.8. The number of benzene rings is 1. The van der Waals surface area contributed by atoms with E-state index >= 15 is 0 Å². The van der Waals surface area contributed by atoms with Crippen LogP contribution in [0.15, 0.2) is 30.5 Å². The highest BCUT2D eigenvalue weighted by Gasteiger charge is 2.30. The van der Waals surface area contributed by atoms with Crippen molar-refractivity contribution in [2.45, 2.75) is 38.0 Å². The molecule has 0 spiro atoms. The maximum Gasteiger partial charge on any atom is 0.321 e. The molecule has 1 saturated carbocycles. The number of amides is 2. The highest BCUT2D eigenvalue weighted by Crippen LogP contribution is 2.42. The van der Waals surface area contributed by atoms with E-state index in [2.05, 4.69) is 34.7 Å². The van der Waals surface area contributed by atoms with Gasteiger partial charge in [-0.3, -0.25) is 4.68 Å². The molecule has 24 heavy (non-hydrogen) atoms. The minimum Gasteiger partial charge on any atom is -0.324 e. The van der Waals surface area contributed by atoms with Crippen molar-refractivity contribution >= 4 is 11.7 Å². The molecule has 4 rings (SSSR count). The molecule has 1 aromatic carbocycles. The molecule has 1 aromatic heterocycles. The van der Waals surface area contributed by atoms with Crippen LogP contribution < -0.4 is 5.32 Å². The Morgan fingerprint density at radius 2 is 1.92 bits per heavy atom. The van der Waals surface area contributed by atoms with Gasteiger partial charge in [0.2, 0.25) is 0 Å². The zero-order valence-corrected chi connectivity index (χ0v) is 14.2. The third-order valence-electron chi connectivity index (χ3n) is 4.99. The van der Waals surface area contributed by atoms with Crippen molar-refractivity contribution in [1.29, 1.82) is 0 Å². The van der Waals surface area contributed by atoms with Gasteiger partial charge in [0.1, 0.15) is 0 Å². The standard InChI is InChI=1S/C19H24N4O/c1-22-13-17(18(21-22)16-8-9-16)20-19(24)23-11-4-7-14-5-2-3-6-15(14)10-12-23/h2-3,5-6,13,16H,4,7-12H2,1H3,(H,20,24). The summed E-state index contributed by atoms with van der Waals surface area (Å²) < 4.78 is 1.80. The minimum absolute atomic E-state index is 0.00396. The highest BCUT2D eigenvalue weighted by molar-refractivity contribution is 5.90. The van der Waals surface area contributed by atoms with Crippen molar-refractivity contribution in [1.82, 2.24) is 14.7 Å². The Labute approximate surface area is 142 Å². The van der Waals surface area contributed by atoms with E-state index in [4.69, 9.17) is 0 Å². The SMILES string of the molecule is Cn1cc(NC(=O)N2CCCc3ccccc3CC2)c(C2CC2)n1. The van der Waals surface area contributed by atoms with E-state index in [0.29, 0.717) is 5.92 Å². The van der Waals surface area contributed by atoms with Gasteiger partial charge in [-0.15, -0.1) is 0 Å². The lowest BCUT2D eigenvalue weighted by Crippen LogP contribution is -2.38. The number of carbonyl (C=O) groups excluding carboxylic acids is 1. The first kappa shape index (κ1) is 15.2. The van der Waals surface area contributed by atoms with Gasteiger partial charge in [0, 0.05) is 32.3 Å². The number of nitrogens with zero attached hydrogens (tertiary/aromatic N) is 3. The zero-order valence-electron chi connectivity index (χ0n) is 14.2. The monoisotopic (exact) mass is 324 g/mol. The van der Waals surface area contributed by atoms with Crippen LogP contribution in [0, 0.1) is 0 Å². The molecule has 0 unspecified atom stereocenters. The van der Waals surface area contributed by atoms with Crippen LogP contribution in [0.1, 0.15) is 42.0 Å². The van der Waals surface area contributed by atoms with E-state index in [1.165, 1.54) is 24.0 Å². The van der Waals surface area contributed by atoms with Crippen LogP contribution in [0.3, 0.4) is 0 Å². The van der Waals surface area contributed by atoms with Crippen molar-refractivity contribution < 1.29 is 4.79 Å². The van der Waals surface area contributed by atoms with E-state index in [1.807, 2.05) is 18.1 Å². The second kappa shape index (κ2) is 6.30. The van der Waals surface area contributed by atoms with Gasteiger partial charge in [0.25, 0.3) is 0 Å². The number of urea groups is 1. The first-order chi connectivity index (χ1) is 11.7. The fourth-order valence-corrected chi connectivity index (χ4v) is 3.53. The number of hydrogen-bond acceptors (Lipinski definition) is 2. The Balaban J connectivity index is 1.45. The molecule has 1 N–H and O–H groups in total. The molecule has 5 nitrogen and oxygen atoms in total. The summed E-state index contributed by atoms with van der Waals surface area (Å²) in [5, 5.41) is 7.62. The first-order valence-corrected chi connectivity index (χ1v) is 8.87. The molecular formula is C19H24N4O. The number of nitrogens with one attached hydrogen (secondary N) is 1. The molecule has 5 heteroatoms. The lowest BCUT2D eigenvalue weighted by Gasteiger charge is -2.26. The molecule has 126 valence electrons. The molecule has 2 heterocycles. The number of fused-ring (bicyclic) bond motifs is 1. The third-order valence-corrected chi connectivity index (χ3v) is 4.99. The number of hydrogen-bond donors (Lipinski definition) is 1. The maximum atomic E-state index is 12.7. The van der Waals surface area contributed by atoms with Gasteiger partial charge in [0.15, 0.2) is 0 Å². The summed E-state index contributed by atoms with van der Waals surface area (Å²) in [6.45, 7) is 1.57. The van der Waals surface area contributed by atoms with Crippen molar-refractivity contribution in [3.8, 4) is 0 Å². The smallest absolute Gasteiger partial charge is 0.321 e. The van der Waals surface area contributed by atoms with Gasteiger partial charge in [-0.2, -0.15) is 5.10 Å². The summed E-state index contributed by atoms with van der Waals surface area (Å²) in [6.07, 6.45) is 7.25. The van der Waals surface area contributed by atoms with Gasteiger partial charge in [-0.05, 0) is 43.2 Å². The van der Waals surface area contributed by atoms with E-state index in [-0.39, 0.29) is 6.03 Å². The molecule has 0 saturated heterocycles. The molecule has 2 aliphatic rings. The third kappa shape index (κ3) is 3.16. The first-order valence-electron chi connectivity index (χ1n) is 8.87. The Kier molecular flexibility index (Phi) is 4.00. The van der Waals surface area contributed by atoms with Gasteiger partial charge in [-0.25, -0.2) is 4.79 Å². The van der Waals surface area contributed by atoms with E-state index < -0.39 is 0 Å². The van der Waals surface area contributed by atoms with Crippen LogP contribution >= 0.6 is 0 Å². The molecule has 1 aliphatic carbocycles. The number of aryl methyl sites for hydroxylation is 2. The van der Waals surface area contributed by atoms with Crippen LogP contribution in [-0.2, 0) is 19.9 Å². The number of anilines is 1. The number of aromatic nitrogens is 2. The van der Waals surface area contributed by atoms with Crippen molar-refractivity contribution in [2.24, 2.45) is 7.05 Å². The predicted molar refractivity (Wildman–Crippen MR) is 94.2 cm³/mol. The Hall–Kier alpha value is -2.30. The second-order valence-electron chi connectivity index (χ2n) is 6.92. The molecule has 0 bridgehead atoms. The van der Waals surface area contributed by atoms with Crippen LogP contribution in [0.5, 0.6) is 0 Å². The fourth-order valence-electron chi connectivity index (χ4n) is 3.53. The lowest BCUT2D eigenvalue weighted by atomic mass is 9.98. The van der Waals surface area contributed by atoms with Crippen LogP contribution in [0.4, 0.5) is 10.5 Å². The van der Waals surface area contributed by atoms with Gasteiger partial charge < -0.3 is 10.2 Å². The molecule has 1 aliphatic heterocycles. The van der Waals surface area contributed by atoms with Crippen LogP contribution in [-0.4, -0.2) is 33.8 Å². The summed E-state index contributed by atoms with van der Waals surface area (Å²) in [4.78, 5) is 14.7. The number of carbonyl (C=O) groups is 1. The van der Waals surface area contributed by atoms with Crippen molar-refractivity contribution in [3.63, 3.8) is 0 Å². The number of rotatable bonds is 2. The molecule has 1 fully saturated rings. The Morgan fingerprint density at radius 3 is 2.67 bits per heavy atom. The van der Waals surface area contributed by atoms with E-state index in [1.54, 1.807) is 4.68 Å². The summed E-state index contributed by atoms with van der Waals surface area (Å²) in [7, 11) is 1.91. The zero-order chi connectivity index (χ0) is 16.5. The Bertz CT molecular complexity index is 748. The molecular weight excluding hydrogens is 300 g/mol. The Morgan fingerprint density at radius 1 is 1.17 bits per heavy atom. The second-order valence-corrected chi connectivity index (χ2v) is 6.92. The van der Waals surface area contributed by atoms with E-state index in [0.717, 1.165) is 43.7 Å². The van der Waals surface area contributed by atoms with Crippen molar-refractivity contribution in [3.05, 3.63) is 47.3 Å². The summed E-state index contributed by atoms with van der Waals surface area (Å²) in [5.74, 6) is 0.528. The molecule has 2 aromatic rings. The summed E-state index contributed by atoms with van der Waals surface area (Å²) >= 11 is 0. The lowest BCUT2D eigenvalue weighted by molar-refractivity contribution is 0.210. The average Bonchev–Trinajstić information content (AvgIpc) is 3.32. The van der Waals surface area contributed by atoms with Crippen LogP contribution in [0.25, 0.3) is 0 Å². The molecule has 2 amide bonds. The predicted octanol–water partition coefficient (Wildman–Crippen LogP) is 3.32. The minimum atomic E-state index is 0.00396. The average molecular weight is 324 g/mol. The largest absolute Gasteiger partial charge is 0.324 e.